The lowest BCUT2D eigenvalue weighted by Crippen LogP contribution is -2.08. The van der Waals surface area contributed by atoms with Gasteiger partial charge in [-0.05, 0) is 29.9 Å². The van der Waals surface area contributed by atoms with Gasteiger partial charge in [-0.2, -0.15) is 13.2 Å². The predicted octanol–water partition coefficient (Wildman–Crippen LogP) is 5.66. The number of hydrogen-bond acceptors (Lipinski definition) is 0. The highest BCUT2D eigenvalue weighted by molar-refractivity contribution is 9.09. The van der Waals surface area contributed by atoms with Crippen LogP contribution in [0.15, 0.2) is 24.3 Å². The number of halogens is 4. The van der Waals surface area contributed by atoms with E-state index in [1.54, 1.807) is 0 Å². The van der Waals surface area contributed by atoms with E-state index in [4.69, 9.17) is 0 Å². The van der Waals surface area contributed by atoms with Gasteiger partial charge in [-0.25, -0.2) is 0 Å². The second kappa shape index (κ2) is 6.60. The van der Waals surface area contributed by atoms with Crippen LogP contribution in [0.25, 0.3) is 0 Å². The summed E-state index contributed by atoms with van der Waals surface area (Å²) in [6.45, 7) is 4.29. The second-order valence-electron chi connectivity index (χ2n) is 4.96. The van der Waals surface area contributed by atoms with Gasteiger partial charge in [0, 0.05) is 11.2 Å². The molecule has 1 rings (SSSR count). The van der Waals surface area contributed by atoms with E-state index in [9.17, 15) is 13.2 Å². The molecule has 4 heteroatoms. The van der Waals surface area contributed by atoms with E-state index < -0.39 is 12.6 Å². The molecular weight excluding hydrogens is 305 g/mol. The molecule has 0 bridgehead atoms. The zero-order chi connectivity index (χ0) is 13.8. The zero-order valence-electron chi connectivity index (χ0n) is 10.6. The van der Waals surface area contributed by atoms with Crippen molar-refractivity contribution in [2.45, 2.75) is 44.1 Å². The van der Waals surface area contributed by atoms with Crippen molar-refractivity contribution < 1.29 is 13.2 Å². The first kappa shape index (κ1) is 15.5. The minimum atomic E-state index is -4.08. The first-order valence-electron chi connectivity index (χ1n) is 6.07. The summed E-state index contributed by atoms with van der Waals surface area (Å²) in [6, 6.07) is 7.81. The molecule has 0 saturated heterocycles. The molecular formula is C14H18BrF3. The molecule has 0 aliphatic heterocycles. The maximum Gasteiger partial charge on any atom is 0.389 e. The zero-order valence-corrected chi connectivity index (χ0v) is 12.2. The van der Waals surface area contributed by atoms with E-state index in [-0.39, 0.29) is 11.2 Å². The molecule has 0 saturated carbocycles. The Morgan fingerprint density at radius 1 is 1.11 bits per heavy atom. The molecule has 102 valence electrons. The Kier molecular flexibility index (Phi) is 5.70. The van der Waals surface area contributed by atoms with Crippen molar-refractivity contribution >= 4 is 15.9 Å². The van der Waals surface area contributed by atoms with Crippen LogP contribution in [0, 0.1) is 5.92 Å². The molecule has 0 N–H and O–H groups in total. The van der Waals surface area contributed by atoms with Crippen molar-refractivity contribution in [1.29, 1.82) is 0 Å². The van der Waals surface area contributed by atoms with Gasteiger partial charge < -0.3 is 0 Å². The Balaban J connectivity index is 2.56. The van der Waals surface area contributed by atoms with Gasteiger partial charge in [-0.1, -0.05) is 54.0 Å². The van der Waals surface area contributed by atoms with E-state index in [0.29, 0.717) is 5.92 Å². The largest absolute Gasteiger partial charge is 0.389 e. The van der Waals surface area contributed by atoms with Crippen molar-refractivity contribution in [1.82, 2.24) is 0 Å². The van der Waals surface area contributed by atoms with Crippen LogP contribution in [-0.4, -0.2) is 6.18 Å². The third-order valence-corrected chi connectivity index (χ3v) is 3.65. The van der Waals surface area contributed by atoms with Crippen molar-refractivity contribution in [3.63, 3.8) is 0 Å². The molecule has 0 heterocycles. The van der Waals surface area contributed by atoms with Gasteiger partial charge in [0.1, 0.15) is 0 Å². The van der Waals surface area contributed by atoms with Crippen LogP contribution in [0.1, 0.15) is 42.6 Å². The normalized spacial score (nSPS) is 13.9. The van der Waals surface area contributed by atoms with Crippen molar-refractivity contribution in [2.75, 3.05) is 0 Å². The maximum atomic E-state index is 12.1. The summed E-state index contributed by atoms with van der Waals surface area (Å²) in [4.78, 5) is -0.229. The third kappa shape index (κ3) is 5.89. The highest BCUT2D eigenvalue weighted by Gasteiger charge is 2.28. The molecule has 1 atom stereocenters. The fourth-order valence-corrected chi connectivity index (χ4v) is 2.33. The second-order valence-corrected chi connectivity index (χ2v) is 6.07. The van der Waals surface area contributed by atoms with E-state index in [1.165, 1.54) is 5.56 Å². The van der Waals surface area contributed by atoms with Gasteiger partial charge in [0.05, 0.1) is 0 Å². The van der Waals surface area contributed by atoms with Crippen molar-refractivity contribution in [3.8, 4) is 0 Å². The monoisotopic (exact) mass is 322 g/mol. The van der Waals surface area contributed by atoms with Gasteiger partial charge in [0.2, 0.25) is 0 Å². The molecule has 0 amide bonds. The number of alkyl halides is 4. The minimum Gasteiger partial charge on any atom is -0.171 e. The predicted molar refractivity (Wildman–Crippen MR) is 71.9 cm³/mol. The standard InChI is InChI=1S/C14H18BrF3/c1-10(2)9-11-3-5-12(6-4-11)13(15)7-8-14(16,17)18/h3-6,10,13H,7-9H2,1-2H3. The van der Waals surface area contributed by atoms with Gasteiger partial charge in [0.15, 0.2) is 0 Å². The summed E-state index contributed by atoms with van der Waals surface area (Å²) >= 11 is 3.31. The van der Waals surface area contributed by atoms with Gasteiger partial charge in [-0.15, -0.1) is 0 Å². The van der Waals surface area contributed by atoms with Crippen LogP contribution in [0.4, 0.5) is 13.2 Å². The Bertz CT molecular complexity index is 354. The van der Waals surface area contributed by atoms with Crippen LogP contribution in [0.3, 0.4) is 0 Å². The third-order valence-electron chi connectivity index (χ3n) is 2.67. The molecule has 1 aromatic rings. The molecule has 0 aliphatic carbocycles. The molecule has 0 fully saturated rings. The summed E-state index contributed by atoms with van der Waals surface area (Å²) in [6.07, 6.45) is -3.76. The van der Waals surface area contributed by atoms with Gasteiger partial charge in [0.25, 0.3) is 0 Å². The van der Waals surface area contributed by atoms with Gasteiger partial charge in [-0.3, -0.25) is 0 Å². The Hall–Kier alpha value is -0.510. The van der Waals surface area contributed by atoms with Crippen molar-refractivity contribution in [3.05, 3.63) is 35.4 Å². The summed E-state index contributed by atoms with van der Waals surface area (Å²) in [7, 11) is 0. The Labute approximate surface area is 115 Å². The smallest absolute Gasteiger partial charge is 0.171 e. The van der Waals surface area contributed by atoms with Crippen LogP contribution >= 0.6 is 15.9 Å². The molecule has 1 unspecified atom stereocenters. The summed E-state index contributed by atoms with van der Waals surface area (Å²) in [5.74, 6) is 0.584. The number of rotatable bonds is 5. The van der Waals surface area contributed by atoms with Crippen LogP contribution < -0.4 is 0 Å². The lowest BCUT2D eigenvalue weighted by molar-refractivity contribution is -0.135. The molecule has 0 radical (unpaired) electrons. The van der Waals surface area contributed by atoms with E-state index in [2.05, 4.69) is 29.8 Å². The average Bonchev–Trinajstić information content (AvgIpc) is 2.25. The van der Waals surface area contributed by atoms with Crippen LogP contribution in [0.2, 0.25) is 0 Å². The Morgan fingerprint density at radius 3 is 2.11 bits per heavy atom. The van der Waals surface area contributed by atoms with Crippen molar-refractivity contribution in [2.24, 2.45) is 5.92 Å². The molecule has 1 aromatic carbocycles. The highest BCUT2D eigenvalue weighted by Crippen LogP contribution is 2.33. The first-order chi connectivity index (χ1) is 8.28. The minimum absolute atomic E-state index is 0.0764. The lowest BCUT2D eigenvalue weighted by Gasteiger charge is -2.13. The number of benzene rings is 1. The fourth-order valence-electron chi connectivity index (χ4n) is 1.79. The molecule has 0 aliphatic rings. The maximum absolute atomic E-state index is 12.1. The fraction of sp³-hybridized carbons (Fsp3) is 0.571. The van der Waals surface area contributed by atoms with E-state index in [1.807, 2.05) is 24.3 Å². The van der Waals surface area contributed by atoms with Crippen LogP contribution in [0.5, 0.6) is 0 Å². The Morgan fingerprint density at radius 2 is 1.67 bits per heavy atom. The first-order valence-corrected chi connectivity index (χ1v) is 6.99. The topological polar surface area (TPSA) is 0 Å². The molecule has 0 aromatic heterocycles. The quantitative estimate of drug-likeness (QED) is 0.613. The lowest BCUT2D eigenvalue weighted by atomic mass is 10.00. The van der Waals surface area contributed by atoms with Gasteiger partial charge >= 0.3 is 6.18 Å². The number of hydrogen-bond donors (Lipinski definition) is 0. The van der Waals surface area contributed by atoms with E-state index >= 15 is 0 Å². The van der Waals surface area contributed by atoms with Crippen LogP contribution in [-0.2, 0) is 6.42 Å². The molecule has 18 heavy (non-hydrogen) atoms. The summed E-state index contributed by atoms with van der Waals surface area (Å²) in [5, 5.41) is 0. The average molecular weight is 323 g/mol. The van der Waals surface area contributed by atoms with E-state index in [0.717, 1.165) is 12.0 Å². The summed E-state index contributed by atoms with van der Waals surface area (Å²) < 4.78 is 36.4. The molecule has 0 nitrogen and oxygen atoms in total. The summed E-state index contributed by atoms with van der Waals surface area (Å²) in [5.41, 5.74) is 2.14. The SMILES string of the molecule is CC(C)Cc1ccc(C(Br)CCC(F)(F)F)cc1. The molecule has 0 spiro atoms. The highest BCUT2D eigenvalue weighted by atomic mass is 79.9.